The van der Waals surface area contributed by atoms with Gasteiger partial charge in [0.2, 0.25) is 5.91 Å². The molecule has 4 nitrogen and oxygen atoms in total. The van der Waals surface area contributed by atoms with Gasteiger partial charge in [0.1, 0.15) is 6.61 Å². The van der Waals surface area contributed by atoms with Crippen LogP contribution in [0, 0.1) is 5.92 Å². The lowest BCUT2D eigenvalue weighted by molar-refractivity contribution is -0.122. The SMILES string of the molecule is CCC1CCCNC1CNC(=O)CCOCC(F)F. The zero-order valence-electron chi connectivity index (χ0n) is 11.5. The quantitative estimate of drug-likeness (QED) is 0.662. The van der Waals surface area contributed by atoms with Gasteiger partial charge in [0.25, 0.3) is 6.43 Å². The Kier molecular flexibility index (Phi) is 7.90. The number of alkyl halides is 2. The molecule has 6 heteroatoms. The van der Waals surface area contributed by atoms with Crippen LogP contribution in [0.15, 0.2) is 0 Å². The summed E-state index contributed by atoms with van der Waals surface area (Å²) in [6.07, 6.45) is 1.15. The van der Waals surface area contributed by atoms with Gasteiger partial charge in [-0.1, -0.05) is 13.3 Å². The first kappa shape index (κ1) is 16.3. The molecule has 0 aromatic heterocycles. The number of hydrogen-bond donors (Lipinski definition) is 2. The molecular weight excluding hydrogens is 254 g/mol. The molecule has 0 aliphatic carbocycles. The van der Waals surface area contributed by atoms with Crippen molar-refractivity contribution >= 4 is 5.91 Å². The van der Waals surface area contributed by atoms with Crippen LogP contribution in [-0.2, 0) is 9.53 Å². The average molecular weight is 278 g/mol. The summed E-state index contributed by atoms with van der Waals surface area (Å²) >= 11 is 0. The van der Waals surface area contributed by atoms with Crippen LogP contribution >= 0.6 is 0 Å². The van der Waals surface area contributed by atoms with Crippen molar-refractivity contribution < 1.29 is 18.3 Å². The van der Waals surface area contributed by atoms with Gasteiger partial charge >= 0.3 is 0 Å². The molecular formula is C13H24F2N2O2. The fraction of sp³-hybridized carbons (Fsp3) is 0.923. The maximum absolute atomic E-state index is 11.8. The highest BCUT2D eigenvalue weighted by Crippen LogP contribution is 2.19. The highest BCUT2D eigenvalue weighted by atomic mass is 19.3. The van der Waals surface area contributed by atoms with Crippen LogP contribution in [0.3, 0.4) is 0 Å². The second-order valence-electron chi connectivity index (χ2n) is 4.89. The van der Waals surface area contributed by atoms with E-state index in [4.69, 9.17) is 0 Å². The predicted molar refractivity (Wildman–Crippen MR) is 69.3 cm³/mol. The molecule has 112 valence electrons. The van der Waals surface area contributed by atoms with E-state index in [9.17, 15) is 13.6 Å². The normalized spacial score (nSPS) is 23.6. The first-order valence-corrected chi connectivity index (χ1v) is 6.99. The molecule has 1 amide bonds. The Morgan fingerprint density at radius 1 is 1.53 bits per heavy atom. The highest BCUT2D eigenvalue weighted by molar-refractivity contribution is 5.75. The summed E-state index contributed by atoms with van der Waals surface area (Å²) in [4.78, 5) is 11.5. The van der Waals surface area contributed by atoms with Crippen LogP contribution in [0.4, 0.5) is 8.78 Å². The van der Waals surface area contributed by atoms with Crippen LogP contribution in [-0.4, -0.2) is 44.7 Å². The second-order valence-corrected chi connectivity index (χ2v) is 4.89. The zero-order valence-corrected chi connectivity index (χ0v) is 11.5. The van der Waals surface area contributed by atoms with E-state index in [1.165, 1.54) is 12.8 Å². The molecule has 0 spiro atoms. The lowest BCUT2D eigenvalue weighted by atomic mass is 9.88. The Balaban J connectivity index is 2.11. The first-order valence-electron chi connectivity index (χ1n) is 6.99. The number of carbonyl (C=O) groups excluding carboxylic acids is 1. The minimum Gasteiger partial charge on any atom is -0.375 e. The molecule has 0 aromatic carbocycles. The smallest absolute Gasteiger partial charge is 0.261 e. The molecule has 1 aliphatic rings. The molecule has 1 heterocycles. The Labute approximate surface area is 113 Å². The molecule has 0 saturated carbocycles. The number of amides is 1. The lowest BCUT2D eigenvalue weighted by Gasteiger charge is -2.32. The lowest BCUT2D eigenvalue weighted by Crippen LogP contribution is -2.48. The first-order chi connectivity index (χ1) is 9.13. The number of rotatable bonds is 8. The van der Waals surface area contributed by atoms with Crippen molar-refractivity contribution in [3.8, 4) is 0 Å². The standard InChI is InChI=1S/C13H24F2N2O2/c1-2-10-4-3-6-16-11(10)8-17-13(18)5-7-19-9-12(14)15/h10-12,16H,2-9H2,1H3,(H,17,18). The summed E-state index contributed by atoms with van der Waals surface area (Å²) in [6.45, 7) is 3.20. The maximum Gasteiger partial charge on any atom is 0.261 e. The maximum atomic E-state index is 11.8. The van der Waals surface area contributed by atoms with Crippen molar-refractivity contribution in [3.05, 3.63) is 0 Å². The Bertz CT molecular complexity index is 265. The molecule has 19 heavy (non-hydrogen) atoms. The van der Waals surface area contributed by atoms with Gasteiger partial charge in [-0.2, -0.15) is 0 Å². The van der Waals surface area contributed by atoms with Gasteiger partial charge in [0.05, 0.1) is 6.61 Å². The van der Waals surface area contributed by atoms with Crippen LogP contribution in [0.1, 0.15) is 32.6 Å². The van der Waals surface area contributed by atoms with Crippen molar-refractivity contribution in [2.24, 2.45) is 5.92 Å². The molecule has 0 aromatic rings. The van der Waals surface area contributed by atoms with Crippen molar-refractivity contribution in [2.75, 3.05) is 26.3 Å². The van der Waals surface area contributed by atoms with Gasteiger partial charge in [0, 0.05) is 19.0 Å². The van der Waals surface area contributed by atoms with Gasteiger partial charge in [-0.05, 0) is 25.3 Å². The van der Waals surface area contributed by atoms with E-state index in [2.05, 4.69) is 22.3 Å². The molecule has 2 unspecified atom stereocenters. The summed E-state index contributed by atoms with van der Waals surface area (Å²) < 4.78 is 28.3. The number of piperidine rings is 1. The minimum atomic E-state index is -2.47. The molecule has 1 aliphatic heterocycles. The van der Waals surface area contributed by atoms with Gasteiger partial charge in [-0.15, -0.1) is 0 Å². The fourth-order valence-corrected chi connectivity index (χ4v) is 2.40. The van der Waals surface area contributed by atoms with Crippen molar-refractivity contribution in [1.29, 1.82) is 0 Å². The zero-order chi connectivity index (χ0) is 14.1. The molecule has 2 N–H and O–H groups in total. The van der Waals surface area contributed by atoms with Crippen LogP contribution in [0.2, 0.25) is 0 Å². The van der Waals surface area contributed by atoms with E-state index in [0.717, 1.165) is 13.0 Å². The Hall–Kier alpha value is -0.750. The molecule has 1 saturated heterocycles. The van der Waals surface area contributed by atoms with Crippen LogP contribution in [0.25, 0.3) is 0 Å². The van der Waals surface area contributed by atoms with Gasteiger partial charge in [-0.3, -0.25) is 4.79 Å². The molecule has 0 radical (unpaired) electrons. The van der Waals surface area contributed by atoms with Crippen LogP contribution < -0.4 is 10.6 Å². The van der Waals surface area contributed by atoms with E-state index < -0.39 is 13.0 Å². The Morgan fingerprint density at radius 3 is 3.00 bits per heavy atom. The third kappa shape index (κ3) is 6.82. The molecule has 1 fully saturated rings. The number of hydrogen-bond acceptors (Lipinski definition) is 3. The summed E-state index contributed by atoms with van der Waals surface area (Å²) in [5.74, 6) is 0.459. The third-order valence-corrected chi connectivity index (χ3v) is 3.49. The van der Waals surface area contributed by atoms with Crippen molar-refractivity contribution in [1.82, 2.24) is 10.6 Å². The summed E-state index contributed by atoms with van der Waals surface area (Å²) in [5.41, 5.74) is 0. The second kappa shape index (κ2) is 9.20. The summed E-state index contributed by atoms with van der Waals surface area (Å²) in [5, 5.41) is 6.25. The molecule has 2 atom stereocenters. The van der Waals surface area contributed by atoms with E-state index >= 15 is 0 Å². The van der Waals surface area contributed by atoms with Gasteiger partial charge in [-0.25, -0.2) is 8.78 Å². The van der Waals surface area contributed by atoms with E-state index in [0.29, 0.717) is 18.5 Å². The number of carbonyl (C=O) groups is 1. The number of halogens is 2. The van der Waals surface area contributed by atoms with E-state index in [1.54, 1.807) is 0 Å². The van der Waals surface area contributed by atoms with E-state index in [-0.39, 0.29) is 18.9 Å². The van der Waals surface area contributed by atoms with Crippen molar-refractivity contribution in [3.63, 3.8) is 0 Å². The van der Waals surface area contributed by atoms with Gasteiger partial charge in [0.15, 0.2) is 0 Å². The molecule has 1 rings (SSSR count). The molecule has 0 bridgehead atoms. The minimum absolute atomic E-state index is 0.0471. The average Bonchev–Trinajstić information content (AvgIpc) is 2.41. The van der Waals surface area contributed by atoms with E-state index in [1.807, 2.05) is 0 Å². The fourth-order valence-electron chi connectivity index (χ4n) is 2.40. The summed E-state index contributed by atoms with van der Waals surface area (Å²) in [7, 11) is 0. The van der Waals surface area contributed by atoms with Gasteiger partial charge < -0.3 is 15.4 Å². The number of ether oxygens (including phenoxy) is 1. The monoisotopic (exact) mass is 278 g/mol. The predicted octanol–water partition coefficient (Wildman–Crippen LogP) is 1.55. The van der Waals surface area contributed by atoms with Crippen molar-refractivity contribution in [2.45, 2.75) is 45.1 Å². The highest BCUT2D eigenvalue weighted by Gasteiger charge is 2.23. The Morgan fingerprint density at radius 2 is 2.32 bits per heavy atom. The van der Waals surface area contributed by atoms with Crippen LogP contribution in [0.5, 0.6) is 0 Å². The number of nitrogens with one attached hydrogen (secondary N) is 2. The third-order valence-electron chi connectivity index (χ3n) is 3.49. The summed E-state index contributed by atoms with van der Waals surface area (Å²) in [6, 6.07) is 0.324. The topological polar surface area (TPSA) is 50.4 Å². The largest absolute Gasteiger partial charge is 0.375 e.